The van der Waals surface area contributed by atoms with E-state index in [9.17, 15) is 9.59 Å². The van der Waals surface area contributed by atoms with Crippen LogP contribution in [0.15, 0.2) is 0 Å². The van der Waals surface area contributed by atoms with Crippen molar-refractivity contribution in [2.45, 2.75) is 19.3 Å². The molecule has 2 rings (SSSR count). The molecule has 0 aromatic heterocycles. The van der Waals surface area contributed by atoms with E-state index < -0.39 is 5.97 Å². The van der Waals surface area contributed by atoms with Crippen LogP contribution in [0.4, 0.5) is 0 Å². The van der Waals surface area contributed by atoms with Crippen LogP contribution in [0, 0.1) is 11.8 Å². The molecule has 1 amide bonds. The van der Waals surface area contributed by atoms with Crippen molar-refractivity contribution in [3.8, 4) is 0 Å². The number of carboxylic acids is 1. The van der Waals surface area contributed by atoms with Gasteiger partial charge in [0.2, 0.25) is 5.91 Å². The number of nitrogens with zero attached hydrogens (tertiary/aromatic N) is 1. The zero-order valence-corrected chi connectivity index (χ0v) is 9.32. The van der Waals surface area contributed by atoms with Crippen LogP contribution in [0.2, 0.25) is 0 Å². The van der Waals surface area contributed by atoms with Gasteiger partial charge in [0.05, 0.1) is 11.8 Å². The Morgan fingerprint density at radius 3 is 2.62 bits per heavy atom. The lowest BCUT2D eigenvalue weighted by Crippen LogP contribution is -2.42. The normalized spacial score (nSPS) is 30.4. The molecule has 5 heteroatoms. The van der Waals surface area contributed by atoms with Gasteiger partial charge in [0, 0.05) is 19.6 Å². The summed E-state index contributed by atoms with van der Waals surface area (Å²) in [5.41, 5.74) is 0. The SMILES string of the molecule is O=C(O)C1CCN(C(=O)[C@@H]2CCCNC2)C1. The van der Waals surface area contributed by atoms with Crippen LogP contribution in [0.1, 0.15) is 19.3 Å². The summed E-state index contributed by atoms with van der Waals surface area (Å²) in [4.78, 5) is 24.6. The molecule has 16 heavy (non-hydrogen) atoms. The lowest BCUT2D eigenvalue weighted by atomic mass is 9.98. The number of amides is 1. The second-order valence-corrected chi connectivity index (χ2v) is 4.65. The zero-order valence-electron chi connectivity index (χ0n) is 9.32. The standard InChI is InChI=1S/C11H18N2O3/c14-10(8-2-1-4-12-6-8)13-5-3-9(7-13)11(15)16/h8-9,12H,1-7H2,(H,15,16)/t8-,9?/m1/s1. The summed E-state index contributed by atoms with van der Waals surface area (Å²) in [5, 5.41) is 12.1. The molecule has 2 aliphatic heterocycles. The predicted molar refractivity (Wildman–Crippen MR) is 57.9 cm³/mol. The second-order valence-electron chi connectivity index (χ2n) is 4.65. The van der Waals surface area contributed by atoms with E-state index in [0.717, 1.165) is 25.9 Å². The van der Waals surface area contributed by atoms with E-state index >= 15 is 0 Å². The number of hydrogen-bond acceptors (Lipinski definition) is 3. The van der Waals surface area contributed by atoms with E-state index in [4.69, 9.17) is 5.11 Å². The first-order valence-corrected chi connectivity index (χ1v) is 5.91. The minimum Gasteiger partial charge on any atom is -0.481 e. The molecule has 0 aromatic carbocycles. The van der Waals surface area contributed by atoms with E-state index in [1.165, 1.54) is 0 Å². The Morgan fingerprint density at radius 1 is 1.25 bits per heavy atom. The largest absolute Gasteiger partial charge is 0.481 e. The van der Waals surface area contributed by atoms with Gasteiger partial charge in [0.25, 0.3) is 0 Å². The Morgan fingerprint density at radius 2 is 2.06 bits per heavy atom. The van der Waals surface area contributed by atoms with E-state index in [1.807, 2.05) is 0 Å². The molecule has 2 saturated heterocycles. The number of carboxylic acid groups (broad SMARTS) is 1. The van der Waals surface area contributed by atoms with Crippen LogP contribution in [0.5, 0.6) is 0 Å². The van der Waals surface area contributed by atoms with Crippen LogP contribution >= 0.6 is 0 Å². The molecular weight excluding hydrogens is 208 g/mol. The van der Waals surface area contributed by atoms with Gasteiger partial charge in [-0.05, 0) is 25.8 Å². The monoisotopic (exact) mass is 226 g/mol. The van der Waals surface area contributed by atoms with Crippen molar-refractivity contribution in [1.82, 2.24) is 10.2 Å². The first kappa shape index (κ1) is 11.4. The van der Waals surface area contributed by atoms with Crippen molar-refractivity contribution < 1.29 is 14.7 Å². The minimum atomic E-state index is -0.780. The number of carbonyl (C=O) groups excluding carboxylic acids is 1. The van der Waals surface area contributed by atoms with Gasteiger partial charge in [-0.15, -0.1) is 0 Å². The summed E-state index contributed by atoms with van der Waals surface area (Å²) in [6.07, 6.45) is 2.56. The lowest BCUT2D eigenvalue weighted by molar-refractivity contribution is -0.141. The number of piperidine rings is 1. The minimum absolute atomic E-state index is 0.0568. The Kier molecular flexibility index (Phi) is 3.43. The topological polar surface area (TPSA) is 69.6 Å². The Labute approximate surface area is 94.8 Å². The number of likely N-dealkylation sites (tertiary alicyclic amines) is 1. The Hall–Kier alpha value is -1.10. The fourth-order valence-electron chi connectivity index (χ4n) is 2.48. The first-order valence-electron chi connectivity index (χ1n) is 5.91. The van der Waals surface area contributed by atoms with E-state index in [1.54, 1.807) is 4.90 Å². The van der Waals surface area contributed by atoms with Gasteiger partial charge in [0.1, 0.15) is 0 Å². The average Bonchev–Trinajstić information content (AvgIpc) is 2.78. The summed E-state index contributed by atoms with van der Waals surface area (Å²) >= 11 is 0. The zero-order chi connectivity index (χ0) is 11.5. The molecule has 0 aromatic rings. The molecule has 2 fully saturated rings. The van der Waals surface area contributed by atoms with Crippen molar-refractivity contribution >= 4 is 11.9 Å². The van der Waals surface area contributed by atoms with Gasteiger partial charge < -0.3 is 15.3 Å². The number of rotatable bonds is 2. The maximum Gasteiger partial charge on any atom is 0.308 e. The first-order chi connectivity index (χ1) is 7.68. The number of nitrogens with one attached hydrogen (secondary N) is 1. The summed E-state index contributed by atoms with van der Waals surface area (Å²) in [7, 11) is 0. The van der Waals surface area contributed by atoms with Gasteiger partial charge in [-0.2, -0.15) is 0 Å². The predicted octanol–water partition coefficient (Wildman–Crippen LogP) is -0.0809. The lowest BCUT2D eigenvalue weighted by Gasteiger charge is -2.26. The highest BCUT2D eigenvalue weighted by Crippen LogP contribution is 2.21. The molecule has 2 N–H and O–H groups in total. The molecule has 0 bridgehead atoms. The van der Waals surface area contributed by atoms with Gasteiger partial charge >= 0.3 is 5.97 Å². The fourth-order valence-corrected chi connectivity index (χ4v) is 2.48. The van der Waals surface area contributed by atoms with Gasteiger partial charge in [-0.25, -0.2) is 0 Å². The van der Waals surface area contributed by atoms with Crippen molar-refractivity contribution in [3.05, 3.63) is 0 Å². The second kappa shape index (κ2) is 4.82. The van der Waals surface area contributed by atoms with Gasteiger partial charge in [-0.1, -0.05) is 0 Å². The van der Waals surface area contributed by atoms with Crippen molar-refractivity contribution in [2.75, 3.05) is 26.2 Å². The third-order valence-corrected chi connectivity index (χ3v) is 3.50. The summed E-state index contributed by atoms with van der Waals surface area (Å²) in [6, 6.07) is 0. The smallest absolute Gasteiger partial charge is 0.308 e. The molecule has 0 spiro atoms. The van der Waals surface area contributed by atoms with Crippen molar-refractivity contribution in [1.29, 1.82) is 0 Å². The molecule has 2 heterocycles. The molecule has 0 aliphatic carbocycles. The highest BCUT2D eigenvalue weighted by atomic mass is 16.4. The van der Waals surface area contributed by atoms with Crippen LogP contribution in [-0.4, -0.2) is 48.1 Å². The van der Waals surface area contributed by atoms with E-state index in [-0.39, 0.29) is 17.7 Å². The molecule has 5 nitrogen and oxygen atoms in total. The summed E-state index contributed by atoms with van der Waals surface area (Å²) < 4.78 is 0. The molecule has 90 valence electrons. The van der Waals surface area contributed by atoms with Crippen LogP contribution in [0.3, 0.4) is 0 Å². The maximum atomic E-state index is 12.1. The molecule has 0 saturated carbocycles. The number of hydrogen-bond donors (Lipinski definition) is 2. The maximum absolute atomic E-state index is 12.1. The summed E-state index contributed by atoms with van der Waals surface area (Å²) in [6.45, 7) is 2.73. The molecule has 2 atom stereocenters. The van der Waals surface area contributed by atoms with Crippen LogP contribution in [-0.2, 0) is 9.59 Å². The van der Waals surface area contributed by atoms with Crippen molar-refractivity contribution in [2.24, 2.45) is 11.8 Å². The third kappa shape index (κ3) is 2.35. The Balaban J connectivity index is 1.88. The quantitative estimate of drug-likeness (QED) is 0.691. The molecule has 0 radical (unpaired) electrons. The Bertz CT molecular complexity index is 287. The highest BCUT2D eigenvalue weighted by Gasteiger charge is 2.34. The third-order valence-electron chi connectivity index (χ3n) is 3.50. The van der Waals surface area contributed by atoms with E-state index in [2.05, 4.69) is 5.32 Å². The average molecular weight is 226 g/mol. The van der Waals surface area contributed by atoms with Crippen LogP contribution in [0.25, 0.3) is 0 Å². The van der Waals surface area contributed by atoms with E-state index in [0.29, 0.717) is 19.5 Å². The summed E-state index contributed by atoms with van der Waals surface area (Å²) in [5.74, 6) is -0.949. The van der Waals surface area contributed by atoms with Crippen LogP contribution < -0.4 is 5.32 Å². The molecular formula is C11H18N2O3. The number of carbonyl (C=O) groups is 2. The molecule has 2 aliphatic rings. The highest BCUT2D eigenvalue weighted by molar-refractivity contribution is 5.81. The van der Waals surface area contributed by atoms with Gasteiger partial charge in [-0.3, -0.25) is 9.59 Å². The van der Waals surface area contributed by atoms with Crippen molar-refractivity contribution in [3.63, 3.8) is 0 Å². The number of aliphatic carboxylic acids is 1. The van der Waals surface area contributed by atoms with Gasteiger partial charge in [0.15, 0.2) is 0 Å². The fraction of sp³-hybridized carbons (Fsp3) is 0.818. The molecule has 1 unspecified atom stereocenters.